The molecule has 2 rings (SSSR count). The van der Waals surface area contributed by atoms with Gasteiger partial charge >= 0.3 is 0 Å². The molecule has 0 saturated carbocycles. The lowest BCUT2D eigenvalue weighted by Gasteiger charge is -2.38. The maximum Gasteiger partial charge on any atom is 0.285 e. The lowest BCUT2D eigenvalue weighted by atomic mass is 9.88. The van der Waals surface area contributed by atoms with E-state index in [1.54, 1.807) is 4.90 Å². The van der Waals surface area contributed by atoms with Crippen LogP contribution in [0.25, 0.3) is 6.08 Å². The molecule has 0 spiro atoms. The van der Waals surface area contributed by atoms with Crippen LogP contribution in [0.4, 0.5) is 4.79 Å². The third-order valence-electron chi connectivity index (χ3n) is 4.59. The normalized spacial score (nSPS) is 20.0. The van der Waals surface area contributed by atoms with Crippen molar-refractivity contribution in [3.63, 3.8) is 0 Å². The smallest absolute Gasteiger partial charge is 0.285 e. The summed E-state index contributed by atoms with van der Waals surface area (Å²) in [5, 5.41) is -0.687. The number of thioether (sulfide) groups is 1. The van der Waals surface area contributed by atoms with Crippen LogP contribution in [-0.4, -0.2) is 39.0 Å². The molecule has 0 aliphatic carbocycles. The fourth-order valence-electron chi connectivity index (χ4n) is 3.21. The van der Waals surface area contributed by atoms with Crippen molar-refractivity contribution >= 4 is 28.9 Å². The summed E-state index contributed by atoms with van der Waals surface area (Å²) in [6.45, 7) is 13.9. The number of carbonyl (C=O) groups is 2. The molecule has 0 aromatic heterocycles. The van der Waals surface area contributed by atoms with Crippen LogP contribution in [0.1, 0.15) is 54.0 Å². The summed E-state index contributed by atoms with van der Waals surface area (Å²) in [7, 11) is 0. The van der Waals surface area contributed by atoms with Gasteiger partial charge in [-0.1, -0.05) is 63.3 Å². The number of nitrogens with zero attached hydrogens (tertiary/aromatic N) is 1. The molecule has 1 aliphatic heterocycles. The lowest BCUT2D eigenvalue weighted by molar-refractivity contribution is -0.124. The highest BCUT2D eigenvalue weighted by Crippen LogP contribution is 2.39. The number of ether oxygens (including phenoxy) is 1. The molecule has 0 unspecified atom stereocenters. The predicted octanol–water partition coefficient (Wildman–Crippen LogP) is 5.38. The van der Waals surface area contributed by atoms with Gasteiger partial charge in [0.05, 0.1) is 17.4 Å². The van der Waals surface area contributed by atoms with Crippen LogP contribution in [0.2, 0.25) is 0 Å². The van der Waals surface area contributed by atoms with Crippen molar-refractivity contribution in [1.29, 1.82) is 0 Å². The summed E-state index contributed by atoms with van der Waals surface area (Å²) in [5.74, 6) is 0.0313. The molecular formula is C22H31NO3S. The van der Waals surface area contributed by atoms with E-state index < -0.39 is 21.9 Å². The van der Waals surface area contributed by atoms with Crippen molar-refractivity contribution in [2.24, 2.45) is 5.41 Å². The minimum absolute atomic E-state index is 0.0313. The predicted molar refractivity (Wildman–Crippen MR) is 113 cm³/mol. The van der Waals surface area contributed by atoms with Crippen molar-refractivity contribution in [2.75, 3.05) is 6.61 Å². The second-order valence-corrected chi connectivity index (χ2v) is 10.2. The molecule has 1 atom stereocenters. The Morgan fingerprint density at radius 1 is 1.15 bits per heavy atom. The Morgan fingerprint density at radius 2 is 1.74 bits per heavy atom. The van der Waals surface area contributed by atoms with E-state index in [9.17, 15) is 9.59 Å². The van der Waals surface area contributed by atoms with Crippen molar-refractivity contribution in [1.82, 2.24) is 4.90 Å². The molecule has 1 heterocycles. The van der Waals surface area contributed by atoms with Gasteiger partial charge in [0.15, 0.2) is 5.78 Å². The number of rotatable bonds is 4. The van der Waals surface area contributed by atoms with Gasteiger partial charge in [0.2, 0.25) is 0 Å². The molecule has 4 nitrogen and oxygen atoms in total. The Bertz CT molecular complexity index is 701. The summed E-state index contributed by atoms with van der Waals surface area (Å²) >= 11 is 1.07. The Labute approximate surface area is 167 Å². The average Bonchev–Trinajstić information content (AvgIpc) is 2.78. The Hall–Kier alpha value is -1.59. The van der Waals surface area contributed by atoms with Crippen LogP contribution < -0.4 is 0 Å². The first kappa shape index (κ1) is 21.7. The number of hydrogen-bond donors (Lipinski definition) is 0. The minimum atomic E-state index is -0.688. The van der Waals surface area contributed by atoms with E-state index in [4.69, 9.17) is 4.74 Å². The number of hydrogen-bond acceptors (Lipinski definition) is 4. The summed E-state index contributed by atoms with van der Waals surface area (Å²) in [5.41, 5.74) is -0.633. The number of amides is 1. The number of benzene rings is 1. The highest BCUT2D eigenvalue weighted by atomic mass is 32.2. The third kappa shape index (κ3) is 5.23. The number of carbonyl (C=O) groups excluding carboxylic acids is 2. The van der Waals surface area contributed by atoms with E-state index in [0.29, 0.717) is 6.61 Å². The molecule has 0 N–H and O–H groups in total. The zero-order chi connectivity index (χ0) is 20.5. The molecule has 148 valence electrons. The van der Waals surface area contributed by atoms with Gasteiger partial charge in [0.1, 0.15) is 5.72 Å². The molecule has 1 aliphatic rings. The van der Waals surface area contributed by atoms with Crippen LogP contribution in [0.3, 0.4) is 0 Å². The first-order chi connectivity index (χ1) is 12.3. The Morgan fingerprint density at radius 3 is 2.22 bits per heavy atom. The molecule has 1 amide bonds. The summed E-state index contributed by atoms with van der Waals surface area (Å²) < 4.78 is 5.82. The van der Waals surface area contributed by atoms with Gasteiger partial charge in [0, 0.05) is 5.41 Å². The van der Waals surface area contributed by atoms with Crippen molar-refractivity contribution in [3.8, 4) is 0 Å². The fraction of sp³-hybridized carbons (Fsp3) is 0.545. The average molecular weight is 390 g/mol. The molecule has 1 saturated heterocycles. The van der Waals surface area contributed by atoms with Gasteiger partial charge in [-0.15, -0.1) is 0 Å². The molecule has 1 aromatic carbocycles. The van der Waals surface area contributed by atoms with E-state index in [2.05, 4.69) is 0 Å². The van der Waals surface area contributed by atoms with Crippen molar-refractivity contribution in [2.45, 2.75) is 65.0 Å². The van der Waals surface area contributed by atoms with E-state index in [0.717, 1.165) is 17.3 Å². The first-order valence-corrected chi connectivity index (χ1v) is 10.1. The SMILES string of the molecule is CC(C)(C)C(=O)[C@H](/C=C/c1ccccc1)SC(=O)N1C(C)(C)COC1(C)C. The third-order valence-corrected chi connectivity index (χ3v) is 5.60. The lowest BCUT2D eigenvalue weighted by Crippen LogP contribution is -2.51. The highest BCUT2D eigenvalue weighted by molar-refractivity contribution is 8.14. The highest BCUT2D eigenvalue weighted by Gasteiger charge is 2.49. The minimum Gasteiger partial charge on any atom is -0.354 e. The van der Waals surface area contributed by atoms with Gasteiger partial charge in [0.25, 0.3) is 5.24 Å². The molecule has 0 bridgehead atoms. The zero-order valence-electron chi connectivity index (χ0n) is 17.4. The first-order valence-electron chi connectivity index (χ1n) is 9.27. The Kier molecular flexibility index (Phi) is 6.27. The molecule has 1 fully saturated rings. The van der Waals surface area contributed by atoms with E-state index in [1.165, 1.54) is 0 Å². The summed E-state index contributed by atoms with van der Waals surface area (Å²) in [6, 6.07) is 9.80. The van der Waals surface area contributed by atoms with Crippen LogP contribution in [0.5, 0.6) is 0 Å². The van der Waals surface area contributed by atoms with Gasteiger partial charge in [-0.2, -0.15) is 0 Å². The monoisotopic (exact) mass is 389 g/mol. The molecule has 0 radical (unpaired) electrons. The van der Waals surface area contributed by atoms with Gasteiger partial charge in [-0.3, -0.25) is 14.5 Å². The van der Waals surface area contributed by atoms with Gasteiger partial charge in [-0.25, -0.2) is 0 Å². The fourth-order valence-corrected chi connectivity index (χ4v) is 4.62. The largest absolute Gasteiger partial charge is 0.354 e. The van der Waals surface area contributed by atoms with E-state index in [1.807, 2.05) is 91.0 Å². The second kappa shape index (κ2) is 7.80. The van der Waals surface area contributed by atoms with Crippen LogP contribution in [0, 0.1) is 5.41 Å². The van der Waals surface area contributed by atoms with E-state index in [-0.39, 0.29) is 11.0 Å². The van der Waals surface area contributed by atoms with Crippen LogP contribution in [-0.2, 0) is 9.53 Å². The molecule has 1 aromatic rings. The maximum absolute atomic E-state index is 13.2. The van der Waals surface area contributed by atoms with Crippen molar-refractivity contribution in [3.05, 3.63) is 42.0 Å². The second-order valence-electron chi connectivity index (χ2n) is 9.07. The van der Waals surface area contributed by atoms with Crippen LogP contribution in [0.15, 0.2) is 36.4 Å². The summed E-state index contributed by atoms with van der Waals surface area (Å²) in [6.07, 6.45) is 3.74. The summed E-state index contributed by atoms with van der Waals surface area (Å²) in [4.78, 5) is 27.9. The van der Waals surface area contributed by atoms with Gasteiger partial charge < -0.3 is 4.74 Å². The molecular weight excluding hydrogens is 358 g/mol. The van der Waals surface area contributed by atoms with Gasteiger partial charge in [-0.05, 0) is 45.0 Å². The zero-order valence-corrected chi connectivity index (χ0v) is 18.2. The molecule has 27 heavy (non-hydrogen) atoms. The number of ketones is 1. The maximum atomic E-state index is 13.2. The Balaban J connectivity index is 2.27. The van der Waals surface area contributed by atoms with E-state index >= 15 is 0 Å². The topological polar surface area (TPSA) is 46.6 Å². The molecule has 5 heteroatoms. The number of Topliss-reactive ketones (excluding diaryl/α,β-unsaturated/α-hetero) is 1. The standard InChI is InChI=1S/C22H31NO3S/c1-20(2,3)18(24)17(14-13-16-11-9-8-10-12-16)27-19(25)23-21(4,5)15-26-22(23,6)7/h8-14,17H,15H2,1-7H3/b14-13+/t17-/m0/s1. The van der Waals surface area contributed by atoms with Crippen molar-refractivity contribution < 1.29 is 14.3 Å². The quantitative estimate of drug-likeness (QED) is 0.693. The van der Waals surface area contributed by atoms with Crippen LogP contribution >= 0.6 is 11.8 Å².